The van der Waals surface area contributed by atoms with E-state index >= 15 is 0 Å². The molecule has 2 aromatic rings. The maximum atomic E-state index is 13.0. The first-order valence-corrected chi connectivity index (χ1v) is 12.9. The summed E-state index contributed by atoms with van der Waals surface area (Å²) < 4.78 is 33.9. The van der Waals surface area contributed by atoms with Crippen molar-refractivity contribution in [3.63, 3.8) is 0 Å². The van der Waals surface area contributed by atoms with Gasteiger partial charge in [0.25, 0.3) is 0 Å². The second-order valence-electron chi connectivity index (χ2n) is 8.58. The maximum Gasteiger partial charge on any atom is 0.175 e. The van der Waals surface area contributed by atoms with Gasteiger partial charge in [0.1, 0.15) is 0 Å². The van der Waals surface area contributed by atoms with Crippen LogP contribution in [-0.4, -0.2) is 59.7 Å². The molecule has 0 spiro atoms. The number of fused-ring (bicyclic) bond motifs is 1. The van der Waals surface area contributed by atoms with Crippen LogP contribution in [0, 0.1) is 5.92 Å². The summed E-state index contributed by atoms with van der Waals surface area (Å²) in [5.74, 6) is 1.54. The normalized spacial score (nSPS) is 16.2. The molecule has 0 saturated heterocycles. The Balaban J connectivity index is 1.48. The zero-order chi connectivity index (χ0) is 23.3. The molecule has 0 aromatic heterocycles. The Morgan fingerprint density at radius 2 is 1.69 bits per heavy atom. The van der Waals surface area contributed by atoms with Crippen LogP contribution in [0.4, 0.5) is 0 Å². The minimum absolute atomic E-state index is 0.0533. The molecule has 0 bridgehead atoms. The number of sulfone groups is 1. The zero-order valence-electron chi connectivity index (χ0n) is 19.4. The number of carbonyl (C=O) groups excluding carboxylic acids is 1. The number of ketones is 1. The van der Waals surface area contributed by atoms with Crippen molar-refractivity contribution >= 4 is 15.6 Å². The summed E-state index contributed by atoms with van der Waals surface area (Å²) in [7, 11) is 2.13. The molecule has 0 fully saturated rings. The summed E-state index contributed by atoms with van der Waals surface area (Å²) in [6.45, 7) is 1.81. The molecule has 174 valence electrons. The fraction of sp³-hybridized carbons (Fsp3) is 0.480. The van der Waals surface area contributed by atoms with Gasteiger partial charge in [0, 0.05) is 24.3 Å². The van der Waals surface area contributed by atoms with Gasteiger partial charge < -0.3 is 14.4 Å². The number of likely N-dealkylation sites (N-methyl/N-ethyl adjacent to an activating group) is 1. The van der Waals surface area contributed by atoms with Gasteiger partial charge in [0.2, 0.25) is 0 Å². The number of benzene rings is 2. The van der Waals surface area contributed by atoms with Crippen molar-refractivity contribution in [3.8, 4) is 11.5 Å². The second-order valence-corrected chi connectivity index (χ2v) is 10.6. The van der Waals surface area contributed by atoms with Gasteiger partial charge in [-0.1, -0.05) is 12.1 Å². The molecular weight excluding hydrogens is 426 g/mol. The summed E-state index contributed by atoms with van der Waals surface area (Å²) >= 11 is 0. The summed E-state index contributed by atoms with van der Waals surface area (Å²) in [5.41, 5.74) is 2.93. The third-order valence-corrected chi connectivity index (χ3v) is 7.36. The zero-order valence-corrected chi connectivity index (χ0v) is 20.2. The molecule has 3 rings (SSSR count). The van der Waals surface area contributed by atoms with Gasteiger partial charge in [0.15, 0.2) is 27.1 Å². The number of aryl methyl sites for hydroxylation is 1. The lowest BCUT2D eigenvalue weighted by Crippen LogP contribution is -2.26. The van der Waals surface area contributed by atoms with Gasteiger partial charge in [-0.15, -0.1) is 0 Å². The van der Waals surface area contributed by atoms with Gasteiger partial charge in [-0.05, 0) is 81.1 Å². The molecular formula is C25H33NO5S. The predicted molar refractivity (Wildman–Crippen MR) is 126 cm³/mol. The van der Waals surface area contributed by atoms with Crippen LogP contribution < -0.4 is 9.47 Å². The van der Waals surface area contributed by atoms with Crippen LogP contribution in [0.5, 0.6) is 11.5 Å². The lowest BCUT2D eigenvalue weighted by atomic mass is 9.80. The SMILES string of the molecule is COc1cc2c(cc1OC)C(=O)C(CCCN(C)CCc1ccc(S(C)(=O)=O)cc1)CC2. The van der Waals surface area contributed by atoms with E-state index in [0.29, 0.717) is 16.4 Å². The molecule has 1 atom stereocenters. The van der Waals surface area contributed by atoms with Crippen molar-refractivity contribution < 1.29 is 22.7 Å². The highest BCUT2D eigenvalue weighted by Crippen LogP contribution is 2.36. The van der Waals surface area contributed by atoms with E-state index in [-0.39, 0.29) is 11.7 Å². The van der Waals surface area contributed by atoms with E-state index in [9.17, 15) is 13.2 Å². The van der Waals surface area contributed by atoms with E-state index in [1.165, 1.54) is 6.26 Å². The Bertz CT molecular complexity index is 1050. The summed E-state index contributed by atoms with van der Waals surface area (Å²) in [4.78, 5) is 15.6. The van der Waals surface area contributed by atoms with Crippen molar-refractivity contribution in [1.82, 2.24) is 4.90 Å². The molecule has 0 N–H and O–H groups in total. The number of hydrogen-bond donors (Lipinski definition) is 0. The van der Waals surface area contributed by atoms with Gasteiger partial charge in [-0.2, -0.15) is 0 Å². The van der Waals surface area contributed by atoms with Crippen molar-refractivity contribution in [1.29, 1.82) is 0 Å². The first-order valence-electron chi connectivity index (χ1n) is 11.0. The van der Waals surface area contributed by atoms with Crippen LogP contribution in [0.15, 0.2) is 41.3 Å². The van der Waals surface area contributed by atoms with Crippen LogP contribution in [0.1, 0.15) is 40.7 Å². The fourth-order valence-corrected chi connectivity index (χ4v) is 4.89. The summed E-state index contributed by atoms with van der Waals surface area (Å²) in [6, 6.07) is 10.9. The molecule has 1 aliphatic rings. The third-order valence-electron chi connectivity index (χ3n) is 6.23. The van der Waals surface area contributed by atoms with Gasteiger partial charge in [0.05, 0.1) is 19.1 Å². The van der Waals surface area contributed by atoms with Crippen LogP contribution in [-0.2, 0) is 22.7 Å². The van der Waals surface area contributed by atoms with Crippen molar-refractivity contribution in [2.45, 2.75) is 37.0 Å². The number of hydrogen-bond acceptors (Lipinski definition) is 6. The van der Waals surface area contributed by atoms with Crippen molar-refractivity contribution in [2.24, 2.45) is 5.92 Å². The number of methoxy groups -OCH3 is 2. The Hall–Kier alpha value is -2.38. The monoisotopic (exact) mass is 459 g/mol. The minimum atomic E-state index is -3.16. The van der Waals surface area contributed by atoms with E-state index in [1.54, 1.807) is 26.4 Å². The average Bonchev–Trinajstić information content (AvgIpc) is 2.78. The average molecular weight is 460 g/mol. The molecule has 0 saturated carbocycles. The highest BCUT2D eigenvalue weighted by atomic mass is 32.2. The number of ether oxygens (including phenoxy) is 2. The van der Waals surface area contributed by atoms with E-state index in [4.69, 9.17) is 9.47 Å². The van der Waals surface area contributed by atoms with E-state index in [2.05, 4.69) is 11.9 Å². The molecule has 2 aromatic carbocycles. The topological polar surface area (TPSA) is 72.9 Å². The molecule has 0 aliphatic heterocycles. The highest BCUT2D eigenvalue weighted by Gasteiger charge is 2.28. The molecule has 0 amide bonds. The minimum Gasteiger partial charge on any atom is -0.493 e. The first kappa shape index (κ1) is 24.3. The lowest BCUT2D eigenvalue weighted by molar-refractivity contribution is 0.0890. The number of Topliss-reactive ketones (excluding diaryl/α,β-unsaturated/α-hetero) is 1. The smallest absolute Gasteiger partial charge is 0.175 e. The molecule has 1 unspecified atom stereocenters. The molecule has 0 radical (unpaired) electrons. The van der Waals surface area contributed by atoms with Gasteiger partial charge >= 0.3 is 0 Å². The lowest BCUT2D eigenvalue weighted by Gasteiger charge is -2.25. The third kappa shape index (κ3) is 5.90. The number of rotatable bonds is 10. The van der Waals surface area contributed by atoms with Crippen molar-refractivity contribution in [2.75, 3.05) is 40.6 Å². The molecule has 7 heteroatoms. The van der Waals surface area contributed by atoms with Crippen LogP contribution in [0.3, 0.4) is 0 Å². The Labute approximate surface area is 191 Å². The van der Waals surface area contributed by atoms with Gasteiger partial charge in [-0.25, -0.2) is 8.42 Å². The van der Waals surface area contributed by atoms with E-state index in [0.717, 1.165) is 61.9 Å². The molecule has 6 nitrogen and oxygen atoms in total. The van der Waals surface area contributed by atoms with Crippen LogP contribution in [0.25, 0.3) is 0 Å². The van der Waals surface area contributed by atoms with E-state index < -0.39 is 9.84 Å². The Kier molecular flexibility index (Phi) is 7.96. The number of carbonyl (C=O) groups is 1. The summed E-state index contributed by atoms with van der Waals surface area (Å²) in [5, 5.41) is 0. The summed E-state index contributed by atoms with van der Waals surface area (Å²) in [6.07, 6.45) is 5.67. The van der Waals surface area contributed by atoms with Crippen LogP contribution >= 0.6 is 0 Å². The fourth-order valence-electron chi connectivity index (χ4n) is 4.26. The maximum absolute atomic E-state index is 13.0. The molecule has 0 heterocycles. The highest BCUT2D eigenvalue weighted by molar-refractivity contribution is 7.90. The van der Waals surface area contributed by atoms with Crippen molar-refractivity contribution in [3.05, 3.63) is 53.1 Å². The Morgan fingerprint density at radius 1 is 1.03 bits per heavy atom. The Morgan fingerprint density at radius 3 is 2.31 bits per heavy atom. The second kappa shape index (κ2) is 10.5. The molecule has 1 aliphatic carbocycles. The quantitative estimate of drug-likeness (QED) is 0.538. The standard InChI is InChI=1S/C25H33NO5S/c1-26(15-13-18-7-11-21(12-8-18)32(4,28)29)14-5-6-19-9-10-20-16-23(30-2)24(31-3)17-22(20)25(19)27/h7-8,11-12,16-17,19H,5-6,9-10,13-15H2,1-4H3. The van der Waals surface area contributed by atoms with Crippen LogP contribution in [0.2, 0.25) is 0 Å². The number of nitrogens with zero attached hydrogens (tertiary/aromatic N) is 1. The predicted octanol–water partition coefficient (Wildman–Crippen LogP) is 3.81. The largest absolute Gasteiger partial charge is 0.493 e. The van der Waals surface area contributed by atoms with E-state index in [1.807, 2.05) is 24.3 Å². The van der Waals surface area contributed by atoms with Gasteiger partial charge in [-0.3, -0.25) is 4.79 Å². The molecule has 32 heavy (non-hydrogen) atoms. The first-order chi connectivity index (χ1) is 15.2.